The lowest BCUT2D eigenvalue weighted by Crippen LogP contribution is -2.51. The van der Waals surface area contributed by atoms with E-state index in [1.807, 2.05) is 0 Å². The van der Waals surface area contributed by atoms with Crippen LogP contribution in [0.15, 0.2) is 0 Å². The van der Waals surface area contributed by atoms with Crippen molar-refractivity contribution >= 4 is 5.91 Å². The summed E-state index contributed by atoms with van der Waals surface area (Å²) in [4.78, 5) is 14.2. The molecule has 0 aromatic carbocycles. The lowest BCUT2D eigenvalue weighted by atomic mass is 9.52. The van der Waals surface area contributed by atoms with Crippen LogP contribution < -0.4 is 5.73 Å². The Morgan fingerprint density at radius 1 is 1.05 bits per heavy atom. The highest BCUT2D eigenvalue weighted by Gasteiger charge is 2.49. The van der Waals surface area contributed by atoms with Gasteiger partial charge in [0.15, 0.2) is 0 Å². The Kier molecular flexibility index (Phi) is 2.87. The maximum atomic E-state index is 12.1. The third-order valence-corrected chi connectivity index (χ3v) is 6.55. The molecule has 1 unspecified atom stereocenters. The second-order valence-corrected chi connectivity index (χ2v) is 7.57. The average Bonchev–Trinajstić information content (AvgIpc) is 2.73. The van der Waals surface area contributed by atoms with E-state index in [0.29, 0.717) is 18.5 Å². The number of hydrogen-bond acceptors (Lipinski definition) is 2. The quantitative estimate of drug-likeness (QED) is 0.845. The van der Waals surface area contributed by atoms with Gasteiger partial charge in [0, 0.05) is 25.6 Å². The Morgan fingerprint density at radius 2 is 1.68 bits per heavy atom. The zero-order valence-corrected chi connectivity index (χ0v) is 11.8. The Hall–Kier alpha value is -0.570. The minimum absolute atomic E-state index is 0.338. The van der Waals surface area contributed by atoms with Gasteiger partial charge in [-0.1, -0.05) is 0 Å². The van der Waals surface area contributed by atoms with Crippen molar-refractivity contribution in [1.82, 2.24) is 4.90 Å². The molecule has 1 amide bonds. The molecular weight excluding hydrogens is 236 g/mol. The van der Waals surface area contributed by atoms with Crippen LogP contribution in [0.25, 0.3) is 0 Å². The van der Waals surface area contributed by atoms with Gasteiger partial charge in [0.1, 0.15) is 0 Å². The van der Waals surface area contributed by atoms with Crippen LogP contribution in [0.4, 0.5) is 0 Å². The fourth-order valence-electron chi connectivity index (χ4n) is 5.85. The molecule has 0 aromatic rings. The summed E-state index contributed by atoms with van der Waals surface area (Å²) >= 11 is 0. The summed E-state index contributed by atoms with van der Waals surface area (Å²) in [6.45, 7) is 1.68. The Morgan fingerprint density at radius 3 is 2.26 bits per heavy atom. The zero-order valence-electron chi connectivity index (χ0n) is 11.8. The van der Waals surface area contributed by atoms with Crippen LogP contribution in [-0.4, -0.2) is 29.9 Å². The number of carbonyl (C=O) groups excluding carboxylic acids is 1. The molecule has 3 heteroatoms. The smallest absolute Gasteiger partial charge is 0.222 e. The molecule has 4 aliphatic carbocycles. The molecule has 5 aliphatic rings. The number of amides is 1. The van der Waals surface area contributed by atoms with E-state index in [-0.39, 0.29) is 0 Å². The second kappa shape index (κ2) is 4.47. The largest absolute Gasteiger partial charge is 0.338 e. The molecule has 0 radical (unpaired) electrons. The van der Waals surface area contributed by atoms with Crippen LogP contribution in [0.5, 0.6) is 0 Å². The number of rotatable bonds is 3. The molecule has 4 bridgehead atoms. The van der Waals surface area contributed by atoms with Crippen molar-refractivity contribution in [1.29, 1.82) is 0 Å². The van der Waals surface area contributed by atoms with E-state index < -0.39 is 0 Å². The number of hydrogen-bond donors (Lipinski definition) is 1. The predicted molar refractivity (Wildman–Crippen MR) is 74.3 cm³/mol. The lowest BCUT2D eigenvalue weighted by molar-refractivity contribution is -0.132. The van der Waals surface area contributed by atoms with Gasteiger partial charge >= 0.3 is 0 Å². The molecule has 5 fully saturated rings. The third kappa shape index (κ3) is 1.93. The van der Waals surface area contributed by atoms with E-state index in [1.165, 1.54) is 32.1 Å². The molecule has 106 valence electrons. The second-order valence-electron chi connectivity index (χ2n) is 7.57. The first-order valence-electron chi connectivity index (χ1n) is 8.24. The molecule has 2 N–H and O–H groups in total. The highest BCUT2D eigenvalue weighted by Crippen LogP contribution is 2.56. The maximum absolute atomic E-state index is 12.1. The van der Waals surface area contributed by atoms with E-state index in [4.69, 9.17) is 5.73 Å². The first-order chi connectivity index (χ1) is 9.24. The Labute approximate surface area is 115 Å². The van der Waals surface area contributed by atoms with Crippen molar-refractivity contribution in [3.63, 3.8) is 0 Å². The maximum Gasteiger partial charge on any atom is 0.222 e. The zero-order chi connectivity index (χ0) is 13.0. The van der Waals surface area contributed by atoms with E-state index in [0.717, 1.165) is 49.0 Å². The topological polar surface area (TPSA) is 46.3 Å². The highest BCUT2D eigenvalue weighted by molar-refractivity contribution is 5.78. The van der Waals surface area contributed by atoms with Gasteiger partial charge in [-0.05, 0) is 68.1 Å². The molecule has 1 heterocycles. The SMILES string of the molecule is NCC1CCC(=O)N1CC1C2CC3CC(C2)CC1C3. The molecule has 1 atom stereocenters. The monoisotopic (exact) mass is 262 g/mol. The molecule has 4 saturated carbocycles. The molecular formula is C16H26N2O. The summed E-state index contributed by atoms with van der Waals surface area (Å²) in [5.74, 6) is 5.05. The van der Waals surface area contributed by atoms with Gasteiger partial charge in [-0.15, -0.1) is 0 Å². The minimum atomic E-state index is 0.338. The number of likely N-dealkylation sites (tertiary alicyclic amines) is 1. The standard InChI is InChI=1S/C16H26N2O/c17-8-14-1-2-16(19)18(14)9-15-12-4-10-3-11(6-12)7-13(15)5-10/h10-15H,1-9,17H2. The van der Waals surface area contributed by atoms with Crippen LogP contribution in [-0.2, 0) is 4.79 Å². The highest BCUT2D eigenvalue weighted by atomic mass is 16.2. The van der Waals surface area contributed by atoms with Crippen molar-refractivity contribution in [2.24, 2.45) is 35.3 Å². The van der Waals surface area contributed by atoms with E-state index >= 15 is 0 Å². The molecule has 19 heavy (non-hydrogen) atoms. The van der Waals surface area contributed by atoms with Crippen LogP contribution >= 0.6 is 0 Å². The van der Waals surface area contributed by atoms with Crippen molar-refractivity contribution in [3.05, 3.63) is 0 Å². The summed E-state index contributed by atoms with van der Waals surface area (Å²) in [5, 5.41) is 0. The van der Waals surface area contributed by atoms with Crippen molar-refractivity contribution in [2.75, 3.05) is 13.1 Å². The van der Waals surface area contributed by atoms with Crippen molar-refractivity contribution in [2.45, 2.75) is 51.0 Å². The summed E-state index contributed by atoms with van der Waals surface area (Å²) in [7, 11) is 0. The van der Waals surface area contributed by atoms with Crippen LogP contribution in [0.1, 0.15) is 44.9 Å². The first kappa shape index (κ1) is 12.2. The molecule has 1 saturated heterocycles. The van der Waals surface area contributed by atoms with Crippen molar-refractivity contribution < 1.29 is 4.79 Å². The predicted octanol–water partition coefficient (Wildman–Crippen LogP) is 2.01. The van der Waals surface area contributed by atoms with Crippen LogP contribution in [0.3, 0.4) is 0 Å². The number of carbonyl (C=O) groups is 1. The van der Waals surface area contributed by atoms with Crippen LogP contribution in [0.2, 0.25) is 0 Å². The Bertz CT molecular complexity index is 353. The Balaban J connectivity index is 1.49. The van der Waals surface area contributed by atoms with Gasteiger partial charge in [0.2, 0.25) is 5.91 Å². The van der Waals surface area contributed by atoms with Crippen LogP contribution in [0, 0.1) is 29.6 Å². The lowest BCUT2D eigenvalue weighted by Gasteiger charge is -2.55. The molecule has 0 aromatic heterocycles. The van der Waals surface area contributed by atoms with E-state index in [2.05, 4.69) is 4.90 Å². The fraction of sp³-hybridized carbons (Fsp3) is 0.938. The molecule has 0 spiro atoms. The molecule has 3 nitrogen and oxygen atoms in total. The van der Waals surface area contributed by atoms with Gasteiger partial charge in [-0.25, -0.2) is 0 Å². The van der Waals surface area contributed by atoms with E-state index in [9.17, 15) is 4.79 Å². The summed E-state index contributed by atoms with van der Waals surface area (Å²) in [5.41, 5.74) is 5.84. The molecule has 5 rings (SSSR count). The number of nitrogens with two attached hydrogens (primary N) is 1. The summed E-state index contributed by atoms with van der Waals surface area (Å²) < 4.78 is 0. The fourth-order valence-corrected chi connectivity index (χ4v) is 5.85. The normalized spacial score (nSPS) is 48.3. The first-order valence-corrected chi connectivity index (χ1v) is 8.24. The van der Waals surface area contributed by atoms with Gasteiger partial charge < -0.3 is 10.6 Å². The summed E-state index contributed by atoms with van der Waals surface area (Å²) in [6.07, 6.45) is 9.03. The van der Waals surface area contributed by atoms with Gasteiger partial charge in [-0.3, -0.25) is 4.79 Å². The summed E-state index contributed by atoms with van der Waals surface area (Å²) in [6, 6.07) is 0.338. The molecule has 1 aliphatic heterocycles. The van der Waals surface area contributed by atoms with Gasteiger partial charge in [0.05, 0.1) is 0 Å². The van der Waals surface area contributed by atoms with Gasteiger partial charge in [0.25, 0.3) is 0 Å². The number of nitrogens with zero attached hydrogens (tertiary/aromatic N) is 1. The van der Waals surface area contributed by atoms with E-state index in [1.54, 1.807) is 0 Å². The third-order valence-electron chi connectivity index (χ3n) is 6.55. The minimum Gasteiger partial charge on any atom is -0.338 e. The van der Waals surface area contributed by atoms with Crippen molar-refractivity contribution in [3.8, 4) is 0 Å². The average molecular weight is 262 g/mol. The van der Waals surface area contributed by atoms with Gasteiger partial charge in [-0.2, -0.15) is 0 Å².